The van der Waals surface area contributed by atoms with Crippen molar-refractivity contribution < 1.29 is 8.42 Å². The summed E-state index contributed by atoms with van der Waals surface area (Å²) in [5.41, 5.74) is 0. The first-order chi connectivity index (χ1) is 4.52. The van der Waals surface area contributed by atoms with Gasteiger partial charge in [0.1, 0.15) is 0 Å². The van der Waals surface area contributed by atoms with Crippen LogP contribution >= 0.6 is 0 Å². The van der Waals surface area contributed by atoms with Crippen molar-refractivity contribution in [2.45, 2.75) is 37.4 Å². The lowest BCUT2D eigenvalue weighted by molar-refractivity contribution is 0.571. The topological polar surface area (TPSA) is 34.1 Å². The standard InChI is InChI=1S/C7H14O2S/c1-3-4-7(5-6-7)10(2,8)9/h3-6H2,1-2H3. The van der Waals surface area contributed by atoms with Gasteiger partial charge in [-0.2, -0.15) is 0 Å². The van der Waals surface area contributed by atoms with E-state index in [0.29, 0.717) is 0 Å². The van der Waals surface area contributed by atoms with Crippen LogP contribution in [0.2, 0.25) is 0 Å². The van der Waals surface area contributed by atoms with Gasteiger partial charge < -0.3 is 0 Å². The lowest BCUT2D eigenvalue weighted by atomic mass is 10.2. The Morgan fingerprint density at radius 2 is 1.90 bits per heavy atom. The number of hydrogen-bond acceptors (Lipinski definition) is 2. The Kier molecular flexibility index (Phi) is 1.79. The van der Waals surface area contributed by atoms with E-state index in [9.17, 15) is 8.42 Å². The van der Waals surface area contributed by atoms with Crippen molar-refractivity contribution in [1.82, 2.24) is 0 Å². The predicted molar refractivity (Wildman–Crippen MR) is 41.7 cm³/mol. The summed E-state index contributed by atoms with van der Waals surface area (Å²) in [6.45, 7) is 2.03. The molecule has 0 atom stereocenters. The van der Waals surface area contributed by atoms with Crippen molar-refractivity contribution in [3.63, 3.8) is 0 Å². The minimum Gasteiger partial charge on any atom is -0.229 e. The maximum Gasteiger partial charge on any atom is 0.153 e. The zero-order valence-corrected chi connectivity index (χ0v) is 7.37. The Hall–Kier alpha value is -0.0500. The van der Waals surface area contributed by atoms with Crippen LogP contribution in [0.4, 0.5) is 0 Å². The Balaban J connectivity index is 2.71. The van der Waals surface area contributed by atoms with Gasteiger partial charge in [-0.1, -0.05) is 13.3 Å². The Bertz CT molecular complexity index is 212. The molecule has 0 spiro atoms. The van der Waals surface area contributed by atoms with Crippen LogP contribution in [0, 0.1) is 0 Å². The highest BCUT2D eigenvalue weighted by molar-refractivity contribution is 7.92. The van der Waals surface area contributed by atoms with Crippen molar-refractivity contribution in [3.8, 4) is 0 Å². The van der Waals surface area contributed by atoms with Crippen molar-refractivity contribution >= 4 is 9.84 Å². The molecule has 0 N–H and O–H groups in total. The summed E-state index contributed by atoms with van der Waals surface area (Å²) in [4.78, 5) is 0. The van der Waals surface area contributed by atoms with E-state index in [-0.39, 0.29) is 4.75 Å². The molecule has 0 aromatic heterocycles. The van der Waals surface area contributed by atoms with Crippen LogP contribution in [0.25, 0.3) is 0 Å². The van der Waals surface area contributed by atoms with Gasteiger partial charge in [-0.25, -0.2) is 8.42 Å². The number of rotatable bonds is 3. The van der Waals surface area contributed by atoms with Crippen LogP contribution < -0.4 is 0 Å². The van der Waals surface area contributed by atoms with Gasteiger partial charge in [0.05, 0.1) is 4.75 Å². The fraction of sp³-hybridized carbons (Fsp3) is 1.00. The Morgan fingerprint density at radius 1 is 1.40 bits per heavy atom. The first kappa shape index (κ1) is 8.05. The molecule has 0 radical (unpaired) electrons. The van der Waals surface area contributed by atoms with Crippen molar-refractivity contribution in [2.75, 3.05) is 6.26 Å². The van der Waals surface area contributed by atoms with E-state index >= 15 is 0 Å². The lowest BCUT2D eigenvalue weighted by Gasteiger charge is -2.09. The molecule has 0 amide bonds. The molecule has 60 valence electrons. The van der Waals surface area contributed by atoms with E-state index in [4.69, 9.17) is 0 Å². The molecule has 1 fully saturated rings. The minimum atomic E-state index is -2.75. The highest BCUT2D eigenvalue weighted by Crippen LogP contribution is 2.46. The van der Waals surface area contributed by atoms with E-state index in [1.165, 1.54) is 6.26 Å². The van der Waals surface area contributed by atoms with Gasteiger partial charge in [0, 0.05) is 6.26 Å². The molecule has 0 heterocycles. The zero-order valence-electron chi connectivity index (χ0n) is 6.55. The van der Waals surface area contributed by atoms with E-state index in [1.54, 1.807) is 0 Å². The monoisotopic (exact) mass is 162 g/mol. The maximum atomic E-state index is 11.1. The molecule has 1 saturated carbocycles. The highest BCUT2D eigenvalue weighted by atomic mass is 32.2. The smallest absolute Gasteiger partial charge is 0.153 e. The Morgan fingerprint density at radius 3 is 2.00 bits per heavy atom. The fourth-order valence-corrected chi connectivity index (χ4v) is 2.82. The van der Waals surface area contributed by atoms with Gasteiger partial charge in [0.15, 0.2) is 9.84 Å². The molecule has 3 heteroatoms. The largest absolute Gasteiger partial charge is 0.229 e. The second-order valence-corrected chi connectivity index (χ2v) is 5.62. The molecule has 2 nitrogen and oxygen atoms in total. The van der Waals surface area contributed by atoms with Crippen LogP contribution in [0.3, 0.4) is 0 Å². The zero-order chi connectivity index (χ0) is 7.83. The van der Waals surface area contributed by atoms with Gasteiger partial charge in [-0.05, 0) is 19.3 Å². The molecule has 0 aromatic carbocycles. The van der Waals surface area contributed by atoms with Crippen LogP contribution in [0.15, 0.2) is 0 Å². The molecule has 10 heavy (non-hydrogen) atoms. The molecule has 1 aliphatic carbocycles. The highest BCUT2D eigenvalue weighted by Gasteiger charge is 2.50. The number of hydrogen-bond donors (Lipinski definition) is 0. The summed E-state index contributed by atoms with van der Waals surface area (Å²) >= 11 is 0. The first-order valence-corrected chi connectivity index (χ1v) is 5.60. The third-order valence-corrected chi connectivity index (χ3v) is 4.49. The predicted octanol–water partition coefficient (Wildman–Crippen LogP) is 1.36. The molecular formula is C7H14O2S. The third kappa shape index (κ3) is 1.19. The van der Waals surface area contributed by atoms with Crippen LogP contribution in [-0.2, 0) is 9.84 Å². The second kappa shape index (κ2) is 2.22. The van der Waals surface area contributed by atoms with E-state index in [0.717, 1.165) is 25.7 Å². The molecule has 1 rings (SSSR count). The molecule has 0 bridgehead atoms. The molecule has 1 aliphatic rings. The summed E-state index contributed by atoms with van der Waals surface area (Å²) in [7, 11) is -2.75. The van der Waals surface area contributed by atoms with Gasteiger partial charge in [0.2, 0.25) is 0 Å². The summed E-state index contributed by atoms with van der Waals surface area (Å²) < 4.78 is 21.9. The summed E-state index contributed by atoms with van der Waals surface area (Å²) in [5, 5.41) is 0. The van der Waals surface area contributed by atoms with Crippen LogP contribution in [0.5, 0.6) is 0 Å². The van der Waals surface area contributed by atoms with Crippen molar-refractivity contribution in [2.24, 2.45) is 0 Å². The van der Waals surface area contributed by atoms with Crippen LogP contribution in [-0.4, -0.2) is 19.4 Å². The van der Waals surface area contributed by atoms with Crippen molar-refractivity contribution in [3.05, 3.63) is 0 Å². The minimum absolute atomic E-state index is 0.290. The maximum absolute atomic E-state index is 11.1. The van der Waals surface area contributed by atoms with E-state index < -0.39 is 9.84 Å². The van der Waals surface area contributed by atoms with E-state index in [2.05, 4.69) is 0 Å². The molecule has 0 aliphatic heterocycles. The van der Waals surface area contributed by atoms with Gasteiger partial charge in [-0.3, -0.25) is 0 Å². The average molecular weight is 162 g/mol. The molecule has 0 saturated heterocycles. The van der Waals surface area contributed by atoms with Crippen molar-refractivity contribution in [1.29, 1.82) is 0 Å². The van der Waals surface area contributed by atoms with Gasteiger partial charge >= 0.3 is 0 Å². The van der Waals surface area contributed by atoms with Crippen LogP contribution in [0.1, 0.15) is 32.6 Å². The number of sulfone groups is 1. The Labute approximate surface area is 62.5 Å². The van der Waals surface area contributed by atoms with Gasteiger partial charge in [-0.15, -0.1) is 0 Å². The lowest BCUT2D eigenvalue weighted by Crippen LogP contribution is -2.20. The van der Waals surface area contributed by atoms with E-state index in [1.807, 2.05) is 6.92 Å². The normalized spacial score (nSPS) is 22.6. The molecular weight excluding hydrogens is 148 g/mol. The molecule has 0 unspecified atom stereocenters. The summed E-state index contributed by atoms with van der Waals surface area (Å²) in [5.74, 6) is 0. The quantitative estimate of drug-likeness (QED) is 0.628. The molecule has 0 aromatic rings. The fourth-order valence-electron chi connectivity index (χ4n) is 1.40. The second-order valence-electron chi connectivity index (χ2n) is 3.21. The summed E-state index contributed by atoms with van der Waals surface area (Å²) in [6, 6.07) is 0. The first-order valence-electron chi connectivity index (χ1n) is 3.71. The average Bonchev–Trinajstić information content (AvgIpc) is 2.45. The SMILES string of the molecule is CCCC1(S(C)(=O)=O)CC1. The summed E-state index contributed by atoms with van der Waals surface area (Å²) in [6.07, 6.45) is 4.97. The third-order valence-electron chi connectivity index (χ3n) is 2.30. The van der Waals surface area contributed by atoms with Gasteiger partial charge in [0.25, 0.3) is 0 Å².